The molecule has 4 heteroatoms. The van der Waals surface area contributed by atoms with Crippen LogP contribution < -0.4 is 0 Å². The van der Waals surface area contributed by atoms with Gasteiger partial charge >= 0.3 is 11.9 Å². The van der Waals surface area contributed by atoms with E-state index < -0.39 is 5.97 Å². The van der Waals surface area contributed by atoms with Crippen LogP contribution in [-0.4, -0.2) is 25.2 Å². The highest BCUT2D eigenvalue weighted by atomic mass is 16.5. The summed E-state index contributed by atoms with van der Waals surface area (Å²) in [5.41, 5.74) is 0.785. The van der Waals surface area contributed by atoms with Crippen LogP contribution in [0, 0.1) is 5.92 Å². The number of hydrogen-bond donors (Lipinski definition) is 0. The molecule has 4 nitrogen and oxygen atoms in total. The minimum Gasteiger partial charge on any atom is -0.462 e. The van der Waals surface area contributed by atoms with Crippen molar-refractivity contribution in [2.24, 2.45) is 5.92 Å². The largest absolute Gasteiger partial charge is 0.462 e. The van der Waals surface area contributed by atoms with Crippen molar-refractivity contribution in [1.82, 2.24) is 0 Å². The monoisotopic (exact) mass is 376 g/mol. The van der Waals surface area contributed by atoms with Gasteiger partial charge in [0.25, 0.3) is 0 Å². The molecule has 0 aliphatic heterocycles. The summed E-state index contributed by atoms with van der Waals surface area (Å²) < 4.78 is 10.6. The summed E-state index contributed by atoms with van der Waals surface area (Å²) in [7, 11) is 0. The van der Waals surface area contributed by atoms with Gasteiger partial charge in [-0.2, -0.15) is 0 Å². The SMILES string of the molecule is CCCCCCCCCCOC(=O)c1cccc(C(=O)OCCC(C)C)c1. The van der Waals surface area contributed by atoms with Crippen molar-refractivity contribution >= 4 is 11.9 Å². The minimum atomic E-state index is -0.395. The van der Waals surface area contributed by atoms with Crippen LogP contribution in [0.1, 0.15) is 99.3 Å². The number of ether oxygens (including phenoxy) is 2. The lowest BCUT2D eigenvalue weighted by atomic mass is 10.1. The van der Waals surface area contributed by atoms with Gasteiger partial charge in [0.1, 0.15) is 0 Å². The summed E-state index contributed by atoms with van der Waals surface area (Å²) in [6, 6.07) is 6.56. The number of carbonyl (C=O) groups excluding carboxylic acids is 2. The first-order valence-corrected chi connectivity index (χ1v) is 10.5. The van der Waals surface area contributed by atoms with Gasteiger partial charge in [0, 0.05) is 0 Å². The highest BCUT2D eigenvalue weighted by Gasteiger charge is 2.12. The fourth-order valence-electron chi connectivity index (χ4n) is 2.73. The molecule has 1 aromatic rings. The molecule has 0 atom stereocenters. The van der Waals surface area contributed by atoms with Crippen LogP contribution in [0.3, 0.4) is 0 Å². The summed E-state index contributed by atoms with van der Waals surface area (Å²) in [4.78, 5) is 24.2. The maximum atomic E-state index is 12.2. The molecule has 152 valence electrons. The van der Waals surface area contributed by atoms with Gasteiger partial charge in [-0.25, -0.2) is 9.59 Å². The topological polar surface area (TPSA) is 52.6 Å². The van der Waals surface area contributed by atoms with Crippen molar-refractivity contribution < 1.29 is 19.1 Å². The van der Waals surface area contributed by atoms with E-state index in [1.165, 1.54) is 38.5 Å². The minimum absolute atomic E-state index is 0.380. The molecule has 1 aromatic carbocycles. The zero-order chi connectivity index (χ0) is 19.9. The summed E-state index contributed by atoms with van der Waals surface area (Å²) in [6.07, 6.45) is 10.5. The zero-order valence-electron chi connectivity index (χ0n) is 17.3. The van der Waals surface area contributed by atoms with Gasteiger partial charge < -0.3 is 9.47 Å². The number of carbonyl (C=O) groups is 2. The average Bonchev–Trinajstić information content (AvgIpc) is 2.66. The van der Waals surface area contributed by atoms with Gasteiger partial charge in [0.2, 0.25) is 0 Å². The molecule has 0 aliphatic carbocycles. The van der Waals surface area contributed by atoms with E-state index in [1.54, 1.807) is 24.3 Å². The molecule has 0 spiro atoms. The van der Waals surface area contributed by atoms with Crippen molar-refractivity contribution in [2.75, 3.05) is 13.2 Å². The van der Waals surface area contributed by atoms with Crippen LogP contribution in [0.5, 0.6) is 0 Å². The fourth-order valence-corrected chi connectivity index (χ4v) is 2.73. The lowest BCUT2D eigenvalue weighted by Crippen LogP contribution is -2.11. The molecule has 27 heavy (non-hydrogen) atoms. The van der Waals surface area contributed by atoms with E-state index in [2.05, 4.69) is 20.8 Å². The number of benzene rings is 1. The van der Waals surface area contributed by atoms with Crippen LogP contribution in [0.15, 0.2) is 24.3 Å². The maximum Gasteiger partial charge on any atom is 0.338 e. The van der Waals surface area contributed by atoms with Crippen LogP contribution in [0.4, 0.5) is 0 Å². The van der Waals surface area contributed by atoms with E-state index in [-0.39, 0.29) is 5.97 Å². The third-order valence-electron chi connectivity index (χ3n) is 4.49. The Labute approximate surface area is 164 Å². The molecule has 0 saturated heterocycles. The Morgan fingerprint density at radius 1 is 0.815 bits per heavy atom. The first kappa shape index (κ1) is 23.2. The molecule has 0 heterocycles. The quantitative estimate of drug-likeness (QED) is 0.287. The predicted octanol–water partition coefficient (Wildman–Crippen LogP) is 6.19. The highest BCUT2D eigenvalue weighted by molar-refractivity contribution is 5.95. The van der Waals surface area contributed by atoms with Crippen molar-refractivity contribution in [2.45, 2.75) is 78.6 Å². The second-order valence-electron chi connectivity index (χ2n) is 7.51. The molecular weight excluding hydrogens is 340 g/mol. The molecule has 0 fully saturated rings. The molecule has 0 amide bonds. The van der Waals surface area contributed by atoms with Crippen molar-refractivity contribution in [1.29, 1.82) is 0 Å². The molecule has 0 saturated carbocycles. The normalized spacial score (nSPS) is 10.8. The predicted molar refractivity (Wildman–Crippen MR) is 109 cm³/mol. The second-order valence-corrected chi connectivity index (χ2v) is 7.51. The Morgan fingerprint density at radius 2 is 1.33 bits per heavy atom. The molecule has 0 aromatic heterocycles. The van der Waals surface area contributed by atoms with Gasteiger partial charge in [0.05, 0.1) is 24.3 Å². The molecule has 0 aliphatic rings. The van der Waals surface area contributed by atoms with Crippen LogP contribution in [0.25, 0.3) is 0 Å². The number of esters is 2. The Morgan fingerprint density at radius 3 is 1.89 bits per heavy atom. The Balaban J connectivity index is 2.27. The van der Waals surface area contributed by atoms with E-state index in [1.807, 2.05) is 0 Å². The third-order valence-corrected chi connectivity index (χ3v) is 4.49. The smallest absolute Gasteiger partial charge is 0.338 e. The highest BCUT2D eigenvalue weighted by Crippen LogP contribution is 2.11. The number of rotatable bonds is 14. The van der Waals surface area contributed by atoms with Crippen molar-refractivity contribution in [3.05, 3.63) is 35.4 Å². The number of unbranched alkanes of at least 4 members (excludes halogenated alkanes) is 7. The Hall–Kier alpha value is -1.84. The molecule has 0 N–H and O–H groups in total. The summed E-state index contributed by atoms with van der Waals surface area (Å²) in [5.74, 6) is -0.293. The second kappa shape index (κ2) is 14.2. The van der Waals surface area contributed by atoms with Crippen molar-refractivity contribution in [3.63, 3.8) is 0 Å². The lowest BCUT2D eigenvalue weighted by Gasteiger charge is -2.08. The van der Waals surface area contributed by atoms with Gasteiger partial charge in [-0.3, -0.25) is 0 Å². The summed E-state index contributed by atoms with van der Waals surface area (Å²) in [5, 5.41) is 0. The Bertz CT molecular complexity index is 551. The van der Waals surface area contributed by atoms with Crippen LogP contribution in [-0.2, 0) is 9.47 Å². The zero-order valence-corrected chi connectivity index (χ0v) is 17.3. The summed E-state index contributed by atoms with van der Waals surface area (Å²) in [6.45, 7) is 7.20. The Kier molecular flexibility index (Phi) is 12.2. The first-order chi connectivity index (χ1) is 13.0. The summed E-state index contributed by atoms with van der Waals surface area (Å²) >= 11 is 0. The standard InChI is InChI=1S/C23H36O4/c1-4-5-6-7-8-9-10-11-16-26-22(24)20-13-12-14-21(18-20)23(25)27-17-15-19(2)3/h12-14,18-19H,4-11,15-17H2,1-3H3. The molecule has 0 unspecified atom stereocenters. The van der Waals surface area contributed by atoms with E-state index in [9.17, 15) is 9.59 Å². The average molecular weight is 377 g/mol. The molecular formula is C23H36O4. The van der Waals surface area contributed by atoms with Gasteiger partial charge in [-0.05, 0) is 37.0 Å². The third kappa shape index (κ3) is 10.8. The van der Waals surface area contributed by atoms with E-state index in [0.717, 1.165) is 19.3 Å². The van der Waals surface area contributed by atoms with E-state index in [4.69, 9.17) is 9.47 Å². The van der Waals surface area contributed by atoms with Crippen LogP contribution in [0.2, 0.25) is 0 Å². The van der Waals surface area contributed by atoms with Crippen molar-refractivity contribution in [3.8, 4) is 0 Å². The van der Waals surface area contributed by atoms with E-state index >= 15 is 0 Å². The van der Waals surface area contributed by atoms with Gasteiger partial charge in [-0.15, -0.1) is 0 Å². The van der Waals surface area contributed by atoms with Gasteiger partial charge in [0.15, 0.2) is 0 Å². The molecule has 0 radical (unpaired) electrons. The molecule has 1 rings (SSSR count). The molecule has 0 bridgehead atoms. The maximum absolute atomic E-state index is 12.2. The van der Waals surface area contributed by atoms with Gasteiger partial charge in [-0.1, -0.05) is 71.8 Å². The fraction of sp³-hybridized carbons (Fsp3) is 0.652. The van der Waals surface area contributed by atoms with E-state index in [0.29, 0.717) is 30.3 Å². The lowest BCUT2D eigenvalue weighted by molar-refractivity contribution is 0.0488. The number of hydrogen-bond acceptors (Lipinski definition) is 4. The van der Waals surface area contributed by atoms with Crippen LogP contribution >= 0.6 is 0 Å². The first-order valence-electron chi connectivity index (χ1n) is 10.5.